The maximum atomic E-state index is 12.6. The number of ketones is 1. The molecule has 1 heterocycles. The number of Topliss-reactive ketones (excluding diaryl/α,β-unsaturated/α-hetero) is 1. The normalized spacial score (nSPS) is 29.4. The first kappa shape index (κ1) is 18.9. The summed E-state index contributed by atoms with van der Waals surface area (Å²) in [5.74, 6) is 3.04. The van der Waals surface area contributed by atoms with Crippen molar-refractivity contribution in [3.05, 3.63) is 47.5 Å². The van der Waals surface area contributed by atoms with Gasteiger partial charge in [0.05, 0.1) is 7.11 Å². The standard InChI is InChI=1S/C26H28N2O3/c1-26-12-11-18-19(21(26)9-10-24(26)29)8-3-15-13-23-22(14-20(15)18)28-25(31-23)27-16-4-6-17(30-2)7-5-16/h4-7,13-14,18-19,21H,3,8-12H2,1-2H3,(H,27,28)/t18-,19+,21-,26-/m0/s1. The maximum Gasteiger partial charge on any atom is 0.300 e. The molecule has 6 rings (SSSR count). The lowest BCUT2D eigenvalue weighted by atomic mass is 9.55. The summed E-state index contributed by atoms with van der Waals surface area (Å²) < 4.78 is 11.3. The Bertz CT molecular complexity index is 1170. The lowest BCUT2D eigenvalue weighted by molar-refractivity contribution is -0.129. The van der Waals surface area contributed by atoms with Crippen LogP contribution in [0.4, 0.5) is 11.7 Å². The molecule has 0 unspecified atom stereocenters. The third-order valence-electron chi connectivity index (χ3n) is 8.28. The second-order valence-electron chi connectivity index (χ2n) is 9.72. The number of anilines is 2. The molecular formula is C26H28N2O3. The van der Waals surface area contributed by atoms with Gasteiger partial charge in [-0.25, -0.2) is 0 Å². The van der Waals surface area contributed by atoms with Gasteiger partial charge in [0.25, 0.3) is 6.01 Å². The summed E-state index contributed by atoms with van der Waals surface area (Å²) >= 11 is 0. The van der Waals surface area contributed by atoms with Gasteiger partial charge in [-0.1, -0.05) is 6.92 Å². The molecule has 0 aliphatic heterocycles. The van der Waals surface area contributed by atoms with Crippen LogP contribution in [0.1, 0.15) is 56.1 Å². The lowest BCUT2D eigenvalue weighted by Gasteiger charge is -2.48. The molecular weight excluding hydrogens is 388 g/mol. The van der Waals surface area contributed by atoms with Crippen molar-refractivity contribution in [3.63, 3.8) is 0 Å². The van der Waals surface area contributed by atoms with Crippen molar-refractivity contribution < 1.29 is 13.9 Å². The number of ether oxygens (including phenoxy) is 1. The van der Waals surface area contributed by atoms with Crippen LogP contribution in [0.3, 0.4) is 0 Å². The van der Waals surface area contributed by atoms with E-state index in [9.17, 15) is 4.79 Å². The Morgan fingerprint density at radius 3 is 2.77 bits per heavy atom. The summed E-state index contributed by atoms with van der Waals surface area (Å²) in [7, 11) is 1.66. The molecule has 5 nitrogen and oxygen atoms in total. The fourth-order valence-electron chi connectivity index (χ4n) is 6.61. The van der Waals surface area contributed by atoms with E-state index in [4.69, 9.17) is 14.1 Å². The first-order valence-corrected chi connectivity index (χ1v) is 11.4. The van der Waals surface area contributed by atoms with E-state index < -0.39 is 0 Å². The second kappa shape index (κ2) is 6.84. The first-order chi connectivity index (χ1) is 15.0. The van der Waals surface area contributed by atoms with Crippen molar-refractivity contribution in [3.8, 4) is 5.75 Å². The van der Waals surface area contributed by atoms with E-state index in [0.29, 0.717) is 29.6 Å². The van der Waals surface area contributed by atoms with Gasteiger partial charge in [0.2, 0.25) is 0 Å². The van der Waals surface area contributed by atoms with Crippen molar-refractivity contribution in [1.82, 2.24) is 4.98 Å². The number of aryl methyl sites for hydroxylation is 1. The number of carbonyl (C=O) groups excluding carboxylic acids is 1. The highest BCUT2D eigenvalue weighted by Gasteiger charge is 2.54. The quantitative estimate of drug-likeness (QED) is 0.567. The molecule has 0 saturated heterocycles. The molecule has 4 atom stereocenters. The van der Waals surface area contributed by atoms with E-state index >= 15 is 0 Å². The minimum absolute atomic E-state index is 0.0773. The molecule has 0 amide bonds. The second-order valence-corrected chi connectivity index (χ2v) is 9.72. The molecule has 2 saturated carbocycles. The van der Waals surface area contributed by atoms with Gasteiger partial charge in [0, 0.05) is 17.5 Å². The fraction of sp³-hybridized carbons (Fsp3) is 0.462. The molecule has 0 spiro atoms. The van der Waals surface area contributed by atoms with Crippen LogP contribution < -0.4 is 10.1 Å². The van der Waals surface area contributed by atoms with E-state index in [1.807, 2.05) is 24.3 Å². The molecule has 1 N–H and O–H groups in total. The SMILES string of the molecule is COc1ccc(Nc2nc3cc4c(cc3o2)CC[C@@H]2[C@@H]4CC[C@]3(C)C(=O)CC[C@@H]23)cc1. The molecule has 2 fully saturated rings. The zero-order valence-electron chi connectivity index (χ0n) is 18.1. The van der Waals surface area contributed by atoms with Crippen LogP contribution in [0, 0.1) is 17.3 Å². The number of hydrogen-bond donors (Lipinski definition) is 1. The Hall–Kier alpha value is -2.82. The van der Waals surface area contributed by atoms with Gasteiger partial charge in [-0.3, -0.25) is 4.79 Å². The zero-order chi connectivity index (χ0) is 21.2. The highest BCUT2D eigenvalue weighted by atomic mass is 16.5. The number of hydrogen-bond acceptors (Lipinski definition) is 5. The van der Waals surface area contributed by atoms with Crippen LogP contribution in [0.15, 0.2) is 40.8 Å². The van der Waals surface area contributed by atoms with E-state index in [1.165, 1.54) is 17.5 Å². The van der Waals surface area contributed by atoms with Crippen LogP contribution >= 0.6 is 0 Å². The van der Waals surface area contributed by atoms with Gasteiger partial charge < -0.3 is 14.5 Å². The van der Waals surface area contributed by atoms with E-state index in [-0.39, 0.29) is 5.41 Å². The van der Waals surface area contributed by atoms with Crippen LogP contribution in [-0.4, -0.2) is 17.9 Å². The van der Waals surface area contributed by atoms with Gasteiger partial charge in [-0.05, 0) is 97.4 Å². The monoisotopic (exact) mass is 416 g/mol. The summed E-state index contributed by atoms with van der Waals surface area (Å²) in [5.41, 5.74) is 5.42. The van der Waals surface area contributed by atoms with Crippen LogP contribution in [0.2, 0.25) is 0 Å². The van der Waals surface area contributed by atoms with Crippen molar-refractivity contribution in [2.45, 2.75) is 51.4 Å². The number of benzene rings is 2. The number of fused-ring (bicyclic) bond motifs is 6. The molecule has 3 aliphatic carbocycles. The van der Waals surface area contributed by atoms with Gasteiger partial charge in [0.1, 0.15) is 17.0 Å². The smallest absolute Gasteiger partial charge is 0.300 e. The molecule has 0 bridgehead atoms. The third kappa shape index (κ3) is 2.89. The molecule has 2 aromatic carbocycles. The number of rotatable bonds is 3. The number of carbonyl (C=O) groups is 1. The van der Waals surface area contributed by atoms with Gasteiger partial charge in [-0.15, -0.1) is 0 Å². The molecule has 3 aliphatic rings. The zero-order valence-corrected chi connectivity index (χ0v) is 18.1. The largest absolute Gasteiger partial charge is 0.497 e. The predicted molar refractivity (Wildman–Crippen MR) is 120 cm³/mol. The van der Waals surface area contributed by atoms with Gasteiger partial charge >= 0.3 is 0 Å². The van der Waals surface area contributed by atoms with Crippen LogP contribution in [-0.2, 0) is 11.2 Å². The average molecular weight is 417 g/mol. The third-order valence-corrected chi connectivity index (χ3v) is 8.28. The topological polar surface area (TPSA) is 64.4 Å². The van der Waals surface area contributed by atoms with E-state index in [1.54, 1.807) is 7.11 Å². The lowest BCUT2D eigenvalue weighted by Crippen LogP contribution is -2.42. The number of nitrogens with zero attached hydrogens (tertiary/aromatic N) is 1. The van der Waals surface area contributed by atoms with E-state index in [2.05, 4.69) is 24.4 Å². The summed E-state index contributed by atoms with van der Waals surface area (Å²) in [5, 5.41) is 3.26. The first-order valence-electron chi connectivity index (χ1n) is 11.4. The van der Waals surface area contributed by atoms with Crippen LogP contribution in [0.5, 0.6) is 5.75 Å². The summed E-state index contributed by atoms with van der Waals surface area (Å²) in [6.45, 7) is 2.23. The van der Waals surface area contributed by atoms with Gasteiger partial charge in [-0.2, -0.15) is 4.98 Å². The predicted octanol–water partition coefficient (Wildman–Crippen LogP) is 6.01. The van der Waals surface area contributed by atoms with Crippen molar-refractivity contribution in [1.29, 1.82) is 0 Å². The number of methoxy groups -OCH3 is 1. The Labute approximate surface area is 182 Å². The number of oxazole rings is 1. The Balaban J connectivity index is 1.31. The van der Waals surface area contributed by atoms with Crippen molar-refractivity contribution in [2.75, 3.05) is 12.4 Å². The Kier molecular flexibility index (Phi) is 4.17. The summed E-state index contributed by atoms with van der Waals surface area (Å²) in [4.78, 5) is 17.3. The molecule has 5 heteroatoms. The van der Waals surface area contributed by atoms with Gasteiger partial charge in [0.15, 0.2) is 5.58 Å². The molecule has 1 aromatic heterocycles. The average Bonchev–Trinajstić information content (AvgIpc) is 3.31. The Morgan fingerprint density at radius 1 is 1.13 bits per heavy atom. The molecule has 160 valence electrons. The Morgan fingerprint density at radius 2 is 1.97 bits per heavy atom. The summed E-state index contributed by atoms with van der Waals surface area (Å²) in [6.07, 6.45) is 6.24. The van der Waals surface area contributed by atoms with Crippen molar-refractivity contribution >= 4 is 28.6 Å². The minimum atomic E-state index is -0.0773. The highest BCUT2D eigenvalue weighted by Crippen LogP contribution is 2.59. The maximum absolute atomic E-state index is 12.6. The molecule has 0 radical (unpaired) electrons. The molecule has 31 heavy (non-hydrogen) atoms. The minimum Gasteiger partial charge on any atom is -0.497 e. The van der Waals surface area contributed by atoms with E-state index in [0.717, 1.165) is 54.6 Å². The number of nitrogens with one attached hydrogen (secondary N) is 1. The summed E-state index contributed by atoms with van der Waals surface area (Å²) in [6, 6.07) is 12.7. The van der Waals surface area contributed by atoms with Crippen molar-refractivity contribution in [2.24, 2.45) is 17.3 Å². The highest BCUT2D eigenvalue weighted by molar-refractivity contribution is 5.87. The number of aromatic nitrogens is 1. The fourth-order valence-corrected chi connectivity index (χ4v) is 6.61. The van der Waals surface area contributed by atoms with Crippen LogP contribution in [0.25, 0.3) is 11.1 Å². The molecule has 3 aromatic rings.